The molecule has 0 amide bonds. The third-order valence-corrected chi connectivity index (χ3v) is 6.53. The van der Waals surface area contributed by atoms with Gasteiger partial charge in [0.25, 0.3) is 5.56 Å². The number of halogens is 2. The molecule has 2 aliphatic heterocycles. The van der Waals surface area contributed by atoms with Crippen molar-refractivity contribution in [2.75, 3.05) is 42.5 Å². The topological polar surface area (TPSA) is 83.4 Å². The summed E-state index contributed by atoms with van der Waals surface area (Å²) in [5.41, 5.74) is 3.83. The Morgan fingerprint density at radius 2 is 1.60 bits per heavy atom. The second-order valence-electron chi connectivity index (χ2n) is 8.64. The summed E-state index contributed by atoms with van der Waals surface area (Å²) in [5.74, 6) is 1.03. The first-order chi connectivity index (χ1) is 16.1. The van der Waals surface area contributed by atoms with E-state index in [0.717, 1.165) is 44.0 Å². The number of nitrogens with zero attached hydrogens (tertiary/aromatic N) is 5. The van der Waals surface area contributed by atoms with Crippen molar-refractivity contribution >= 4 is 42.2 Å². The molecule has 0 unspecified atom stereocenters. The highest BCUT2D eigenvalue weighted by Gasteiger charge is 2.24. The van der Waals surface area contributed by atoms with Gasteiger partial charge in [0.1, 0.15) is 5.78 Å². The lowest BCUT2D eigenvalue weighted by Gasteiger charge is -2.35. The van der Waals surface area contributed by atoms with Crippen molar-refractivity contribution in [1.29, 1.82) is 0 Å². The molecule has 2 aromatic heterocycles. The van der Waals surface area contributed by atoms with E-state index in [9.17, 15) is 9.59 Å². The molecule has 2 aliphatic rings. The molecule has 0 aliphatic carbocycles. The van der Waals surface area contributed by atoms with Crippen LogP contribution in [0.4, 0.5) is 11.6 Å². The van der Waals surface area contributed by atoms with Crippen LogP contribution in [0, 0.1) is 0 Å². The molecule has 10 heteroatoms. The minimum absolute atomic E-state index is 0. The Labute approximate surface area is 217 Å². The highest BCUT2D eigenvalue weighted by molar-refractivity contribution is 5.85. The Morgan fingerprint density at radius 3 is 2.29 bits per heavy atom. The quantitative estimate of drug-likeness (QED) is 0.570. The first kappa shape index (κ1) is 26.7. The number of benzene rings is 1. The summed E-state index contributed by atoms with van der Waals surface area (Å²) < 4.78 is 1.62. The number of nitrogens with one attached hydrogen (secondary N) is 1. The predicted octanol–water partition coefficient (Wildman–Crippen LogP) is 3.01. The highest BCUT2D eigenvalue weighted by Crippen LogP contribution is 2.25. The zero-order valence-corrected chi connectivity index (χ0v) is 21.2. The molecule has 2 saturated heterocycles. The number of rotatable bonds is 4. The van der Waals surface area contributed by atoms with Gasteiger partial charge in [0.15, 0.2) is 0 Å². The number of anilines is 2. The molecule has 1 aromatic carbocycles. The number of pyridine rings is 1. The van der Waals surface area contributed by atoms with E-state index in [-0.39, 0.29) is 36.4 Å². The third-order valence-electron chi connectivity index (χ3n) is 6.53. The molecule has 4 heterocycles. The maximum atomic E-state index is 12.7. The standard InChI is InChI=1S/C25H28N6O2.2ClH/c1-29-24(33)16-22(19-6-10-26-11-7-19)28-25(29)31-15-12-27-23(17-31)18-2-4-20(5-3-18)30-13-8-21(32)9-14-30;;/h2-7,10-11,16,23,27H,8-9,12-15,17H2,1H3;2*1H/t23-;;/m1../s1. The number of aromatic nitrogens is 3. The van der Waals surface area contributed by atoms with Crippen LogP contribution in [0.5, 0.6) is 0 Å². The summed E-state index contributed by atoms with van der Waals surface area (Å²) in [6.07, 6.45) is 4.68. The Morgan fingerprint density at radius 1 is 0.914 bits per heavy atom. The summed E-state index contributed by atoms with van der Waals surface area (Å²) >= 11 is 0. The molecule has 8 nitrogen and oxygen atoms in total. The van der Waals surface area contributed by atoms with Gasteiger partial charge < -0.3 is 15.1 Å². The van der Waals surface area contributed by atoms with Crippen molar-refractivity contribution in [1.82, 2.24) is 19.9 Å². The van der Waals surface area contributed by atoms with Crippen LogP contribution >= 0.6 is 24.8 Å². The predicted molar refractivity (Wildman–Crippen MR) is 143 cm³/mol. The van der Waals surface area contributed by atoms with E-state index < -0.39 is 0 Å². The minimum atomic E-state index is -0.0775. The van der Waals surface area contributed by atoms with E-state index >= 15 is 0 Å². The summed E-state index contributed by atoms with van der Waals surface area (Å²) in [4.78, 5) is 37.5. The largest absolute Gasteiger partial charge is 0.371 e. The summed E-state index contributed by atoms with van der Waals surface area (Å²) in [5, 5.41) is 3.60. The molecule has 0 spiro atoms. The zero-order valence-electron chi connectivity index (χ0n) is 19.6. The lowest BCUT2D eigenvalue weighted by atomic mass is 10.0. The first-order valence-electron chi connectivity index (χ1n) is 11.4. The fraction of sp³-hybridized carbons (Fsp3) is 0.360. The molecule has 35 heavy (non-hydrogen) atoms. The number of carbonyl (C=O) groups is 1. The number of hydrogen-bond acceptors (Lipinski definition) is 7. The summed E-state index contributed by atoms with van der Waals surface area (Å²) in [7, 11) is 1.77. The molecular weight excluding hydrogens is 487 g/mol. The molecule has 3 aromatic rings. The van der Waals surface area contributed by atoms with E-state index in [1.807, 2.05) is 12.1 Å². The van der Waals surface area contributed by atoms with Crippen molar-refractivity contribution in [3.8, 4) is 11.3 Å². The van der Waals surface area contributed by atoms with E-state index in [0.29, 0.717) is 30.3 Å². The van der Waals surface area contributed by atoms with Gasteiger partial charge in [-0.05, 0) is 29.8 Å². The lowest BCUT2D eigenvalue weighted by molar-refractivity contribution is -0.119. The van der Waals surface area contributed by atoms with Crippen LogP contribution in [0.15, 0.2) is 59.7 Å². The zero-order chi connectivity index (χ0) is 22.8. The van der Waals surface area contributed by atoms with Crippen molar-refractivity contribution in [3.05, 3.63) is 70.8 Å². The molecular formula is C25H30Cl2N6O2. The van der Waals surface area contributed by atoms with Crippen molar-refractivity contribution < 1.29 is 4.79 Å². The van der Waals surface area contributed by atoms with Gasteiger partial charge in [0.05, 0.1) is 5.69 Å². The van der Waals surface area contributed by atoms with Crippen LogP contribution in [0.3, 0.4) is 0 Å². The van der Waals surface area contributed by atoms with Crippen LogP contribution in [0.1, 0.15) is 24.4 Å². The lowest BCUT2D eigenvalue weighted by Crippen LogP contribution is -2.47. The minimum Gasteiger partial charge on any atom is -0.371 e. The maximum Gasteiger partial charge on any atom is 0.255 e. The number of hydrogen-bond donors (Lipinski definition) is 1. The van der Waals surface area contributed by atoms with Gasteiger partial charge in [-0.25, -0.2) is 4.98 Å². The smallest absolute Gasteiger partial charge is 0.255 e. The fourth-order valence-corrected chi connectivity index (χ4v) is 4.57. The monoisotopic (exact) mass is 516 g/mol. The van der Waals surface area contributed by atoms with Gasteiger partial charge in [-0.3, -0.25) is 19.1 Å². The SMILES string of the molecule is Cl.Cl.Cn1c(N2CCN[C@@H](c3ccc(N4CCC(=O)CC4)cc3)C2)nc(-c2ccncc2)cc1=O. The van der Waals surface area contributed by atoms with Crippen molar-refractivity contribution in [3.63, 3.8) is 0 Å². The fourth-order valence-electron chi connectivity index (χ4n) is 4.57. The second-order valence-corrected chi connectivity index (χ2v) is 8.64. The normalized spacial score (nSPS) is 18.0. The van der Waals surface area contributed by atoms with Crippen LogP contribution in [-0.2, 0) is 11.8 Å². The molecule has 0 bridgehead atoms. The molecule has 1 atom stereocenters. The second kappa shape index (κ2) is 11.7. The molecule has 5 rings (SSSR count). The van der Waals surface area contributed by atoms with Crippen molar-refractivity contribution in [2.45, 2.75) is 18.9 Å². The van der Waals surface area contributed by atoms with Gasteiger partial charge >= 0.3 is 0 Å². The van der Waals surface area contributed by atoms with E-state index in [2.05, 4.69) is 44.4 Å². The van der Waals surface area contributed by atoms with Gasteiger partial charge in [-0.1, -0.05) is 12.1 Å². The third kappa shape index (κ3) is 5.83. The average molecular weight is 517 g/mol. The first-order valence-corrected chi connectivity index (χ1v) is 11.4. The van der Waals surface area contributed by atoms with Gasteiger partial charge in [0, 0.05) is 88.4 Å². The van der Waals surface area contributed by atoms with Gasteiger partial charge in [-0.15, -0.1) is 24.8 Å². The van der Waals surface area contributed by atoms with Crippen LogP contribution in [0.2, 0.25) is 0 Å². The summed E-state index contributed by atoms with van der Waals surface area (Å²) in [6, 6.07) is 14.0. The molecule has 1 N–H and O–H groups in total. The molecule has 0 radical (unpaired) electrons. The van der Waals surface area contributed by atoms with E-state index in [1.165, 1.54) is 5.56 Å². The number of piperidine rings is 1. The van der Waals surface area contributed by atoms with Crippen molar-refractivity contribution in [2.24, 2.45) is 7.05 Å². The number of carbonyl (C=O) groups excluding carboxylic acids is 1. The Kier molecular flexibility index (Phi) is 8.88. The van der Waals surface area contributed by atoms with Gasteiger partial charge in [0.2, 0.25) is 5.95 Å². The number of piperazine rings is 1. The number of ketones is 1. The molecule has 0 saturated carbocycles. The van der Waals surface area contributed by atoms with Gasteiger partial charge in [-0.2, -0.15) is 0 Å². The van der Waals surface area contributed by atoms with Crippen LogP contribution < -0.4 is 20.7 Å². The van der Waals surface area contributed by atoms with E-state index in [1.54, 1.807) is 30.1 Å². The Balaban J connectivity index is 0.00000171. The summed E-state index contributed by atoms with van der Waals surface area (Å²) in [6.45, 7) is 3.88. The Bertz CT molecular complexity index is 1190. The molecule has 186 valence electrons. The molecule has 2 fully saturated rings. The highest BCUT2D eigenvalue weighted by atomic mass is 35.5. The van der Waals surface area contributed by atoms with E-state index in [4.69, 9.17) is 4.98 Å². The average Bonchev–Trinajstić information content (AvgIpc) is 2.87. The number of Topliss-reactive ketones (excluding diaryl/α,β-unsaturated/α-hetero) is 1. The maximum absolute atomic E-state index is 12.7. The van der Waals surface area contributed by atoms with Crippen LogP contribution in [-0.4, -0.2) is 53.0 Å². The van der Waals surface area contributed by atoms with Crippen LogP contribution in [0.25, 0.3) is 11.3 Å². The Hall–Kier alpha value is -2.94.